The molecule has 1 aromatic rings. The zero-order valence-corrected chi connectivity index (χ0v) is 11.6. The highest BCUT2D eigenvalue weighted by atomic mass is 79.9. The second-order valence-corrected chi connectivity index (χ2v) is 4.98. The van der Waals surface area contributed by atoms with Gasteiger partial charge in [-0.1, -0.05) is 40.7 Å². The fourth-order valence-electron chi connectivity index (χ4n) is 1.50. The molecule has 1 atom stereocenters. The van der Waals surface area contributed by atoms with E-state index in [0.29, 0.717) is 24.8 Å². The second kappa shape index (κ2) is 7.82. The van der Waals surface area contributed by atoms with Gasteiger partial charge in [-0.25, -0.2) is 4.79 Å². The summed E-state index contributed by atoms with van der Waals surface area (Å²) in [6.45, 7) is 3.72. The van der Waals surface area contributed by atoms with E-state index in [9.17, 15) is 9.59 Å². The van der Waals surface area contributed by atoms with E-state index < -0.39 is 0 Å². The van der Waals surface area contributed by atoms with Crippen molar-refractivity contribution in [3.05, 3.63) is 47.0 Å². The van der Waals surface area contributed by atoms with E-state index in [2.05, 4.69) is 22.5 Å². The van der Waals surface area contributed by atoms with E-state index in [-0.39, 0.29) is 12.1 Å². The van der Waals surface area contributed by atoms with Crippen LogP contribution in [0.4, 0.5) is 0 Å². The molecule has 0 heterocycles. The normalized spacial score (nSPS) is 11.6. The molecule has 4 heteroatoms. The number of aldehydes is 1. The fraction of sp³-hybridized carbons (Fsp3) is 0.286. The summed E-state index contributed by atoms with van der Waals surface area (Å²) in [6.07, 6.45) is 1.88. The van der Waals surface area contributed by atoms with Gasteiger partial charge in [0.15, 0.2) is 0 Å². The number of carbonyl (C=O) groups is 2. The van der Waals surface area contributed by atoms with Gasteiger partial charge in [0.2, 0.25) is 0 Å². The first-order valence-electron chi connectivity index (χ1n) is 5.66. The molecular formula is C14H15BrO3. The topological polar surface area (TPSA) is 43.4 Å². The number of hydrogen-bond acceptors (Lipinski definition) is 3. The highest BCUT2D eigenvalue weighted by Crippen LogP contribution is 2.18. The number of benzene rings is 1. The van der Waals surface area contributed by atoms with Gasteiger partial charge >= 0.3 is 5.97 Å². The molecule has 3 nitrogen and oxygen atoms in total. The van der Waals surface area contributed by atoms with Crippen LogP contribution in [-0.2, 0) is 9.53 Å². The minimum absolute atomic E-state index is 0.324. The lowest BCUT2D eigenvalue weighted by atomic mass is 10.1. The standard InChI is InChI=1S/C14H15BrO3/c1-11(15)10-13(8-5-9-16)18-14(17)12-6-3-2-4-7-12/h2-4,6-7,9,13H,1,5,8,10H2. The summed E-state index contributed by atoms with van der Waals surface area (Å²) in [5.74, 6) is -0.375. The third-order valence-electron chi connectivity index (χ3n) is 2.34. The molecule has 0 fully saturated rings. The minimum atomic E-state index is -0.375. The van der Waals surface area contributed by atoms with Crippen molar-refractivity contribution in [2.75, 3.05) is 0 Å². The molecule has 0 aromatic heterocycles. The molecule has 96 valence electrons. The molecule has 0 aliphatic carbocycles. The summed E-state index contributed by atoms with van der Waals surface area (Å²) in [6, 6.07) is 8.78. The Kier molecular flexibility index (Phi) is 6.36. The molecule has 0 amide bonds. The van der Waals surface area contributed by atoms with Crippen LogP contribution in [0.3, 0.4) is 0 Å². The average Bonchev–Trinajstić information content (AvgIpc) is 2.36. The van der Waals surface area contributed by atoms with Crippen LogP contribution in [0, 0.1) is 0 Å². The lowest BCUT2D eigenvalue weighted by Crippen LogP contribution is -2.18. The van der Waals surface area contributed by atoms with E-state index >= 15 is 0 Å². The number of halogens is 1. The molecule has 0 spiro atoms. The molecule has 1 aromatic carbocycles. The van der Waals surface area contributed by atoms with Crippen LogP contribution in [0.25, 0.3) is 0 Å². The van der Waals surface area contributed by atoms with Gasteiger partial charge in [0.05, 0.1) is 5.56 Å². The van der Waals surface area contributed by atoms with Crippen molar-refractivity contribution < 1.29 is 14.3 Å². The summed E-state index contributed by atoms with van der Waals surface area (Å²) in [7, 11) is 0. The molecule has 0 saturated heterocycles. The number of esters is 1. The zero-order valence-electron chi connectivity index (χ0n) is 9.97. The van der Waals surface area contributed by atoms with Crippen LogP contribution in [0.1, 0.15) is 29.6 Å². The lowest BCUT2D eigenvalue weighted by Gasteiger charge is -2.16. The summed E-state index contributed by atoms with van der Waals surface area (Å²) < 4.78 is 6.11. The third-order valence-corrected chi connectivity index (χ3v) is 2.66. The highest BCUT2D eigenvalue weighted by molar-refractivity contribution is 9.11. The molecule has 1 rings (SSSR count). The quantitative estimate of drug-likeness (QED) is 0.572. The van der Waals surface area contributed by atoms with E-state index in [1.807, 2.05) is 6.07 Å². The minimum Gasteiger partial charge on any atom is -0.458 e. The van der Waals surface area contributed by atoms with Crippen LogP contribution in [0.5, 0.6) is 0 Å². The lowest BCUT2D eigenvalue weighted by molar-refractivity contribution is -0.108. The zero-order chi connectivity index (χ0) is 13.4. The fourth-order valence-corrected chi connectivity index (χ4v) is 1.86. The van der Waals surface area contributed by atoms with Gasteiger partial charge in [0, 0.05) is 12.8 Å². The third kappa shape index (κ3) is 5.27. The largest absolute Gasteiger partial charge is 0.458 e. The van der Waals surface area contributed by atoms with E-state index in [0.717, 1.165) is 10.8 Å². The molecule has 0 aliphatic rings. The molecule has 1 unspecified atom stereocenters. The van der Waals surface area contributed by atoms with Gasteiger partial charge in [-0.15, -0.1) is 0 Å². The van der Waals surface area contributed by atoms with Gasteiger partial charge in [0.1, 0.15) is 12.4 Å². The van der Waals surface area contributed by atoms with Crippen molar-refractivity contribution in [1.82, 2.24) is 0 Å². The van der Waals surface area contributed by atoms with Gasteiger partial charge < -0.3 is 9.53 Å². The number of rotatable bonds is 7. The van der Waals surface area contributed by atoms with Crippen molar-refractivity contribution in [1.29, 1.82) is 0 Å². The monoisotopic (exact) mass is 310 g/mol. The molecular weight excluding hydrogens is 296 g/mol. The van der Waals surface area contributed by atoms with Gasteiger partial charge in [-0.3, -0.25) is 0 Å². The van der Waals surface area contributed by atoms with Crippen LogP contribution in [-0.4, -0.2) is 18.4 Å². The molecule has 0 N–H and O–H groups in total. The van der Waals surface area contributed by atoms with Gasteiger partial charge in [-0.05, 0) is 23.0 Å². The van der Waals surface area contributed by atoms with Crippen LogP contribution < -0.4 is 0 Å². The predicted molar refractivity (Wildman–Crippen MR) is 73.6 cm³/mol. The maximum Gasteiger partial charge on any atom is 0.338 e. The number of carbonyl (C=O) groups excluding carboxylic acids is 2. The van der Waals surface area contributed by atoms with Crippen molar-refractivity contribution in [3.8, 4) is 0 Å². The Bertz CT molecular complexity index is 414. The van der Waals surface area contributed by atoms with E-state index in [1.54, 1.807) is 24.3 Å². The van der Waals surface area contributed by atoms with Crippen LogP contribution in [0.15, 0.2) is 41.4 Å². The molecule has 18 heavy (non-hydrogen) atoms. The van der Waals surface area contributed by atoms with Gasteiger partial charge in [0.25, 0.3) is 0 Å². The summed E-state index contributed by atoms with van der Waals surface area (Å²) in [5, 5.41) is 0. The summed E-state index contributed by atoms with van der Waals surface area (Å²) in [4.78, 5) is 22.2. The smallest absolute Gasteiger partial charge is 0.338 e. The molecule has 0 aliphatic heterocycles. The Morgan fingerprint density at radius 1 is 1.39 bits per heavy atom. The van der Waals surface area contributed by atoms with E-state index in [1.165, 1.54) is 0 Å². The van der Waals surface area contributed by atoms with Crippen molar-refractivity contribution in [2.45, 2.75) is 25.4 Å². The van der Waals surface area contributed by atoms with Crippen LogP contribution in [0.2, 0.25) is 0 Å². The predicted octanol–water partition coefficient (Wildman–Crippen LogP) is 3.49. The maximum absolute atomic E-state index is 11.8. The maximum atomic E-state index is 11.8. The first-order valence-corrected chi connectivity index (χ1v) is 6.45. The summed E-state index contributed by atoms with van der Waals surface area (Å²) >= 11 is 3.24. The van der Waals surface area contributed by atoms with E-state index in [4.69, 9.17) is 4.74 Å². The Labute approximate surface area is 115 Å². The first-order chi connectivity index (χ1) is 8.63. The van der Waals surface area contributed by atoms with Crippen molar-refractivity contribution >= 4 is 28.2 Å². The number of hydrogen-bond donors (Lipinski definition) is 0. The van der Waals surface area contributed by atoms with Gasteiger partial charge in [-0.2, -0.15) is 0 Å². The van der Waals surface area contributed by atoms with Crippen molar-refractivity contribution in [3.63, 3.8) is 0 Å². The van der Waals surface area contributed by atoms with Crippen LogP contribution >= 0.6 is 15.9 Å². The molecule has 0 saturated carbocycles. The van der Waals surface area contributed by atoms with Crippen molar-refractivity contribution in [2.24, 2.45) is 0 Å². The first kappa shape index (κ1) is 14.6. The SMILES string of the molecule is C=C(Br)CC(CCC=O)OC(=O)c1ccccc1. The Hall–Kier alpha value is -1.42. The Morgan fingerprint density at radius 3 is 2.61 bits per heavy atom. The molecule has 0 bridgehead atoms. The Morgan fingerprint density at radius 2 is 2.06 bits per heavy atom. The highest BCUT2D eigenvalue weighted by Gasteiger charge is 2.16. The number of ether oxygens (including phenoxy) is 1. The summed E-state index contributed by atoms with van der Waals surface area (Å²) in [5.41, 5.74) is 0.508. The Balaban J connectivity index is 2.61. The second-order valence-electron chi connectivity index (χ2n) is 3.86. The molecule has 0 radical (unpaired) electrons. The average molecular weight is 311 g/mol.